The average molecular weight is 375 g/mol. The summed E-state index contributed by atoms with van der Waals surface area (Å²) in [6.07, 6.45) is 1.73. The molecule has 0 unspecified atom stereocenters. The van der Waals surface area contributed by atoms with E-state index in [9.17, 15) is 4.79 Å². The van der Waals surface area contributed by atoms with Crippen molar-refractivity contribution in [3.8, 4) is 11.5 Å². The van der Waals surface area contributed by atoms with Gasteiger partial charge in [0.2, 0.25) is 11.8 Å². The second kappa shape index (κ2) is 7.57. The highest BCUT2D eigenvalue weighted by Crippen LogP contribution is 2.34. The monoisotopic (exact) mass is 375 g/mol. The van der Waals surface area contributed by atoms with Gasteiger partial charge in [0.1, 0.15) is 13.2 Å². The molecule has 4 rings (SSSR count). The molecule has 0 atom stereocenters. The third-order valence-electron chi connectivity index (χ3n) is 4.62. The lowest BCUT2D eigenvalue weighted by Crippen LogP contribution is -2.39. The molecule has 26 heavy (non-hydrogen) atoms. The second-order valence-electron chi connectivity index (χ2n) is 6.43. The Labute approximate surface area is 156 Å². The third kappa shape index (κ3) is 3.80. The first kappa shape index (κ1) is 17.2. The number of aromatic nitrogens is 2. The van der Waals surface area contributed by atoms with Crippen LogP contribution in [0.1, 0.15) is 30.5 Å². The first-order valence-electron chi connectivity index (χ1n) is 8.79. The van der Waals surface area contributed by atoms with Crippen LogP contribution >= 0.6 is 11.8 Å². The number of rotatable bonds is 4. The number of hydrogen-bond donors (Lipinski definition) is 0. The predicted octanol–water partition coefficient (Wildman–Crippen LogP) is 2.65. The molecule has 1 aromatic heterocycles. The van der Waals surface area contributed by atoms with Gasteiger partial charge in [0.25, 0.3) is 0 Å². The molecule has 0 aliphatic carbocycles. The number of carbonyl (C=O) groups excluding carboxylic acids is 1. The van der Waals surface area contributed by atoms with Crippen molar-refractivity contribution in [1.29, 1.82) is 0 Å². The number of thioether (sulfide) groups is 1. The zero-order valence-electron chi connectivity index (χ0n) is 14.6. The number of amides is 1. The van der Waals surface area contributed by atoms with Crippen LogP contribution in [0.2, 0.25) is 0 Å². The summed E-state index contributed by atoms with van der Waals surface area (Å²) in [5.74, 6) is 3.71. The highest BCUT2D eigenvalue weighted by Gasteiger charge is 2.27. The van der Waals surface area contributed by atoms with E-state index in [1.54, 1.807) is 0 Å². The SMILES string of the molecule is Cc1noc(C2CCN(C(=O)CSc3ccc4c(c3)OCCO4)CC2)n1. The topological polar surface area (TPSA) is 77.7 Å². The number of fused-ring (bicyclic) bond motifs is 1. The molecule has 1 fully saturated rings. The fourth-order valence-electron chi connectivity index (χ4n) is 3.20. The number of piperidine rings is 1. The molecule has 7 nitrogen and oxygen atoms in total. The van der Waals surface area contributed by atoms with Crippen LogP contribution in [-0.2, 0) is 4.79 Å². The van der Waals surface area contributed by atoms with Crippen molar-refractivity contribution in [3.05, 3.63) is 29.9 Å². The molecule has 3 heterocycles. The molecule has 8 heteroatoms. The molecule has 0 saturated carbocycles. The maximum Gasteiger partial charge on any atom is 0.232 e. The Bertz CT molecular complexity index is 786. The van der Waals surface area contributed by atoms with Gasteiger partial charge in [-0.05, 0) is 38.0 Å². The average Bonchev–Trinajstić information content (AvgIpc) is 3.12. The fraction of sp³-hybridized carbons (Fsp3) is 0.500. The molecule has 1 aromatic carbocycles. The summed E-state index contributed by atoms with van der Waals surface area (Å²) in [7, 11) is 0. The van der Waals surface area contributed by atoms with Gasteiger partial charge in [0, 0.05) is 23.9 Å². The minimum Gasteiger partial charge on any atom is -0.486 e. The van der Waals surface area contributed by atoms with Gasteiger partial charge in [-0.15, -0.1) is 11.8 Å². The first-order valence-corrected chi connectivity index (χ1v) is 9.78. The predicted molar refractivity (Wildman–Crippen MR) is 95.7 cm³/mol. The standard InChI is InChI=1S/C18H21N3O4S/c1-12-19-18(25-20-12)13-4-6-21(7-5-13)17(22)11-26-14-2-3-15-16(10-14)24-9-8-23-15/h2-3,10,13H,4-9,11H2,1H3. The lowest BCUT2D eigenvalue weighted by atomic mass is 9.97. The van der Waals surface area contributed by atoms with Crippen molar-refractivity contribution in [2.75, 3.05) is 32.1 Å². The van der Waals surface area contributed by atoms with Crippen LogP contribution < -0.4 is 9.47 Å². The van der Waals surface area contributed by atoms with E-state index in [1.165, 1.54) is 11.8 Å². The van der Waals surface area contributed by atoms with Gasteiger partial charge in [0.05, 0.1) is 5.75 Å². The van der Waals surface area contributed by atoms with E-state index in [0.29, 0.717) is 30.7 Å². The number of nitrogens with zero attached hydrogens (tertiary/aromatic N) is 3. The number of hydrogen-bond acceptors (Lipinski definition) is 7. The van der Waals surface area contributed by atoms with Crippen LogP contribution in [0.3, 0.4) is 0 Å². The van der Waals surface area contributed by atoms with E-state index >= 15 is 0 Å². The van der Waals surface area contributed by atoms with E-state index in [0.717, 1.165) is 42.3 Å². The van der Waals surface area contributed by atoms with Crippen LogP contribution in [0.4, 0.5) is 0 Å². The Morgan fingerprint density at radius 2 is 2.00 bits per heavy atom. The van der Waals surface area contributed by atoms with Crippen LogP contribution in [0, 0.1) is 6.92 Å². The Hall–Kier alpha value is -2.22. The van der Waals surface area contributed by atoms with Crippen molar-refractivity contribution >= 4 is 17.7 Å². The van der Waals surface area contributed by atoms with Gasteiger partial charge < -0.3 is 18.9 Å². The second-order valence-corrected chi connectivity index (χ2v) is 7.48. The summed E-state index contributed by atoms with van der Waals surface area (Å²) in [6, 6.07) is 5.81. The van der Waals surface area contributed by atoms with Crippen LogP contribution in [-0.4, -0.2) is 53.0 Å². The lowest BCUT2D eigenvalue weighted by molar-refractivity contribution is -0.129. The number of likely N-dealkylation sites (tertiary alicyclic amines) is 1. The molecule has 138 valence electrons. The molecule has 0 N–H and O–H groups in total. The van der Waals surface area contributed by atoms with Gasteiger partial charge in [-0.25, -0.2) is 0 Å². The van der Waals surface area contributed by atoms with E-state index < -0.39 is 0 Å². The zero-order valence-corrected chi connectivity index (χ0v) is 15.5. The van der Waals surface area contributed by atoms with Gasteiger partial charge in [0.15, 0.2) is 17.3 Å². The molecule has 2 aromatic rings. The Morgan fingerprint density at radius 1 is 1.23 bits per heavy atom. The zero-order chi connectivity index (χ0) is 17.9. The number of ether oxygens (including phenoxy) is 2. The van der Waals surface area contributed by atoms with Crippen molar-refractivity contribution in [1.82, 2.24) is 15.0 Å². The summed E-state index contributed by atoms with van der Waals surface area (Å²) in [6.45, 7) is 4.42. The third-order valence-corrected chi connectivity index (χ3v) is 5.59. The molecule has 1 saturated heterocycles. The minimum absolute atomic E-state index is 0.157. The lowest BCUT2D eigenvalue weighted by Gasteiger charge is -2.30. The van der Waals surface area contributed by atoms with E-state index in [2.05, 4.69) is 10.1 Å². The highest BCUT2D eigenvalue weighted by atomic mass is 32.2. The smallest absolute Gasteiger partial charge is 0.232 e. The molecule has 2 aliphatic heterocycles. The number of carbonyl (C=O) groups is 1. The van der Waals surface area contributed by atoms with E-state index in [4.69, 9.17) is 14.0 Å². The van der Waals surface area contributed by atoms with Gasteiger partial charge >= 0.3 is 0 Å². The van der Waals surface area contributed by atoms with Crippen LogP contribution in [0.25, 0.3) is 0 Å². The summed E-state index contributed by atoms with van der Waals surface area (Å²) in [5.41, 5.74) is 0. The Morgan fingerprint density at radius 3 is 2.73 bits per heavy atom. The Balaban J connectivity index is 1.28. The van der Waals surface area contributed by atoms with E-state index in [1.807, 2.05) is 30.0 Å². The van der Waals surface area contributed by atoms with Crippen LogP contribution in [0.5, 0.6) is 11.5 Å². The first-order chi connectivity index (χ1) is 12.7. The normalized spacial score (nSPS) is 17.3. The molecule has 0 radical (unpaired) electrons. The molecular formula is C18H21N3O4S. The maximum atomic E-state index is 12.5. The van der Waals surface area contributed by atoms with Gasteiger partial charge in [-0.2, -0.15) is 4.98 Å². The molecule has 0 bridgehead atoms. The molecule has 1 amide bonds. The fourth-order valence-corrected chi connectivity index (χ4v) is 4.03. The summed E-state index contributed by atoms with van der Waals surface area (Å²) in [4.78, 5) is 19.7. The largest absolute Gasteiger partial charge is 0.486 e. The van der Waals surface area contributed by atoms with Crippen molar-refractivity contribution in [2.24, 2.45) is 0 Å². The summed E-state index contributed by atoms with van der Waals surface area (Å²) >= 11 is 1.53. The van der Waals surface area contributed by atoms with Gasteiger partial charge in [-0.1, -0.05) is 5.16 Å². The molecular weight excluding hydrogens is 354 g/mol. The minimum atomic E-state index is 0.157. The number of aryl methyl sites for hydroxylation is 1. The maximum absolute atomic E-state index is 12.5. The highest BCUT2D eigenvalue weighted by molar-refractivity contribution is 8.00. The van der Waals surface area contributed by atoms with Gasteiger partial charge in [-0.3, -0.25) is 4.79 Å². The number of benzene rings is 1. The summed E-state index contributed by atoms with van der Waals surface area (Å²) < 4.78 is 16.4. The van der Waals surface area contributed by atoms with Crippen molar-refractivity contribution < 1.29 is 18.8 Å². The Kier molecular flexibility index (Phi) is 5.01. The van der Waals surface area contributed by atoms with Crippen LogP contribution in [0.15, 0.2) is 27.6 Å². The summed E-state index contributed by atoms with van der Waals surface area (Å²) in [5, 5.41) is 3.85. The quantitative estimate of drug-likeness (QED) is 0.760. The van der Waals surface area contributed by atoms with E-state index in [-0.39, 0.29) is 11.8 Å². The molecule has 0 spiro atoms. The van der Waals surface area contributed by atoms with Crippen molar-refractivity contribution in [3.63, 3.8) is 0 Å². The van der Waals surface area contributed by atoms with Crippen molar-refractivity contribution in [2.45, 2.75) is 30.6 Å². The molecule has 2 aliphatic rings.